The number of piperidine rings is 1. The predicted molar refractivity (Wildman–Crippen MR) is 127 cm³/mol. The van der Waals surface area contributed by atoms with E-state index in [9.17, 15) is 9.59 Å². The smallest absolute Gasteiger partial charge is 0.266 e. The maximum absolute atomic E-state index is 12.7. The molecule has 0 spiro atoms. The molecule has 4 rings (SSSR count). The van der Waals surface area contributed by atoms with Crippen molar-refractivity contribution < 1.29 is 4.79 Å². The third kappa shape index (κ3) is 5.10. The fourth-order valence-corrected chi connectivity index (χ4v) is 4.32. The highest BCUT2D eigenvalue weighted by Gasteiger charge is 2.23. The number of fused-ring (bicyclic) bond motifs is 1. The number of nitrogens with zero attached hydrogens (tertiary/aromatic N) is 3. The molecule has 2 N–H and O–H groups in total. The van der Waals surface area contributed by atoms with Crippen LogP contribution in [0, 0.1) is 0 Å². The molecule has 32 heavy (non-hydrogen) atoms. The van der Waals surface area contributed by atoms with Gasteiger partial charge in [0.15, 0.2) is 0 Å². The Morgan fingerprint density at radius 2 is 2.00 bits per heavy atom. The van der Waals surface area contributed by atoms with Gasteiger partial charge in [0.2, 0.25) is 0 Å². The summed E-state index contributed by atoms with van der Waals surface area (Å²) >= 11 is 0. The van der Waals surface area contributed by atoms with Crippen molar-refractivity contribution in [2.45, 2.75) is 58.0 Å². The van der Waals surface area contributed by atoms with Crippen LogP contribution in [0.4, 0.5) is 0 Å². The van der Waals surface area contributed by atoms with Crippen LogP contribution >= 0.6 is 0 Å². The Labute approximate surface area is 188 Å². The summed E-state index contributed by atoms with van der Waals surface area (Å²) in [5.41, 5.74) is 2.37. The fourth-order valence-electron chi connectivity index (χ4n) is 4.32. The summed E-state index contributed by atoms with van der Waals surface area (Å²) in [5.74, 6) is -0.0530. The number of nitrogens with one attached hydrogen (secondary N) is 2. The molecule has 1 fully saturated rings. The van der Waals surface area contributed by atoms with Crippen LogP contribution in [0.1, 0.15) is 56.1 Å². The van der Waals surface area contributed by atoms with Crippen molar-refractivity contribution in [3.8, 4) is 0 Å². The van der Waals surface area contributed by atoms with Crippen LogP contribution in [-0.2, 0) is 12.0 Å². The first-order valence-electron chi connectivity index (χ1n) is 11.5. The molecule has 1 amide bonds. The molecule has 0 bridgehead atoms. The molecule has 170 valence electrons. The van der Waals surface area contributed by atoms with Crippen molar-refractivity contribution >= 4 is 16.8 Å². The molecule has 1 atom stereocenters. The Morgan fingerprint density at radius 3 is 2.81 bits per heavy atom. The lowest BCUT2D eigenvalue weighted by atomic mass is 9.92. The zero-order valence-corrected chi connectivity index (χ0v) is 19.2. The van der Waals surface area contributed by atoms with E-state index in [1.165, 1.54) is 0 Å². The fraction of sp³-hybridized carbons (Fsp3) is 0.480. The second-order valence-electron chi connectivity index (χ2n) is 9.71. The van der Waals surface area contributed by atoms with Crippen LogP contribution in [0.15, 0.2) is 47.4 Å². The van der Waals surface area contributed by atoms with Gasteiger partial charge in [0.1, 0.15) is 0 Å². The lowest BCUT2D eigenvalue weighted by molar-refractivity contribution is 0.0909. The first kappa shape index (κ1) is 22.3. The molecule has 1 aromatic carbocycles. The topological polar surface area (TPSA) is 83.0 Å². The van der Waals surface area contributed by atoms with Gasteiger partial charge < -0.3 is 10.3 Å². The van der Waals surface area contributed by atoms with E-state index in [1.54, 1.807) is 10.7 Å². The molecule has 1 aliphatic rings. The van der Waals surface area contributed by atoms with Gasteiger partial charge in [0.05, 0.1) is 12.2 Å². The van der Waals surface area contributed by atoms with Crippen LogP contribution in [0.5, 0.6) is 0 Å². The molecular formula is C25H33N5O2. The van der Waals surface area contributed by atoms with Gasteiger partial charge in [0, 0.05) is 47.9 Å². The molecular weight excluding hydrogens is 402 g/mol. The van der Waals surface area contributed by atoms with Crippen molar-refractivity contribution in [3.05, 3.63) is 64.2 Å². The van der Waals surface area contributed by atoms with Crippen LogP contribution in [0.3, 0.4) is 0 Å². The average Bonchev–Trinajstić information content (AvgIpc) is 3.24. The summed E-state index contributed by atoms with van der Waals surface area (Å²) in [6, 6.07) is 11.4. The highest BCUT2D eigenvalue weighted by molar-refractivity contribution is 5.97. The summed E-state index contributed by atoms with van der Waals surface area (Å²) in [6.45, 7) is 9.17. The number of carbonyl (C=O) groups excluding carboxylic acids is 1. The van der Waals surface area contributed by atoms with E-state index in [1.807, 2.05) is 36.5 Å². The first-order valence-corrected chi connectivity index (χ1v) is 11.5. The average molecular weight is 436 g/mol. The second-order valence-corrected chi connectivity index (χ2v) is 9.71. The van der Waals surface area contributed by atoms with E-state index in [0.29, 0.717) is 18.7 Å². The lowest BCUT2D eigenvalue weighted by Gasteiger charge is -2.35. The minimum absolute atomic E-state index is 0.0530. The number of hydrogen-bond donors (Lipinski definition) is 2. The van der Waals surface area contributed by atoms with Gasteiger partial charge in [-0.2, -0.15) is 5.10 Å². The van der Waals surface area contributed by atoms with Crippen molar-refractivity contribution in [2.24, 2.45) is 0 Å². The number of aromatic nitrogens is 3. The second kappa shape index (κ2) is 9.28. The molecule has 7 heteroatoms. The number of amides is 1. The highest BCUT2D eigenvalue weighted by Crippen LogP contribution is 2.19. The Bertz CT molecular complexity index is 1140. The number of carbonyl (C=O) groups is 1. The molecule has 1 unspecified atom stereocenters. The number of rotatable bonds is 6. The molecule has 0 saturated carbocycles. The van der Waals surface area contributed by atoms with Crippen LogP contribution in [0.2, 0.25) is 0 Å². The summed E-state index contributed by atoms with van der Waals surface area (Å²) in [4.78, 5) is 30.6. The third-order valence-corrected chi connectivity index (χ3v) is 6.30. The largest absolute Gasteiger partial charge is 0.361 e. The van der Waals surface area contributed by atoms with Crippen LogP contribution in [-0.4, -0.2) is 51.2 Å². The van der Waals surface area contributed by atoms with E-state index in [0.717, 1.165) is 48.9 Å². The highest BCUT2D eigenvalue weighted by atomic mass is 16.1. The third-order valence-electron chi connectivity index (χ3n) is 6.30. The molecule has 0 radical (unpaired) electrons. The van der Waals surface area contributed by atoms with Crippen molar-refractivity contribution in [1.29, 1.82) is 0 Å². The molecule has 7 nitrogen and oxygen atoms in total. The van der Waals surface area contributed by atoms with E-state index < -0.39 is 0 Å². The number of benzene rings is 1. The molecule has 1 saturated heterocycles. The summed E-state index contributed by atoms with van der Waals surface area (Å²) in [6.07, 6.45) is 5.21. The maximum Gasteiger partial charge on any atom is 0.266 e. The van der Waals surface area contributed by atoms with Gasteiger partial charge in [-0.15, -0.1) is 0 Å². The molecule has 3 heterocycles. The number of likely N-dealkylation sites (tertiary alicyclic amines) is 1. The minimum atomic E-state index is -0.101. The van der Waals surface area contributed by atoms with Gasteiger partial charge in [-0.25, -0.2) is 4.68 Å². The normalized spacial score (nSPS) is 17.5. The van der Waals surface area contributed by atoms with Gasteiger partial charge in [-0.05, 0) is 49.0 Å². The lowest BCUT2D eigenvalue weighted by Crippen LogP contribution is -2.48. The standard InChI is InChI=1S/C25H33N5O2/c1-25(2,3)22-9-10-23(31)30(28-22)15-14-29-13-5-4-6-20(29)17-27-24(32)19-8-7-18-11-12-26-21(18)16-19/h7-12,16,20,26H,4-6,13-15,17H2,1-3H3,(H,27,32). The van der Waals surface area contributed by atoms with Crippen molar-refractivity contribution in [1.82, 2.24) is 25.0 Å². The number of H-pyrrole nitrogens is 1. The van der Waals surface area contributed by atoms with Gasteiger partial charge in [-0.1, -0.05) is 33.3 Å². The maximum atomic E-state index is 12.7. The molecule has 1 aliphatic heterocycles. The van der Waals surface area contributed by atoms with Gasteiger partial charge in [0.25, 0.3) is 11.5 Å². The van der Waals surface area contributed by atoms with Gasteiger partial charge >= 0.3 is 0 Å². The van der Waals surface area contributed by atoms with E-state index >= 15 is 0 Å². The Hall–Kier alpha value is -2.93. The van der Waals surface area contributed by atoms with Crippen LogP contribution in [0.25, 0.3) is 10.9 Å². The Kier molecular flexibility index (Phi) is 6.46. The SMILES string of the molecule is CC(C)(C)c1ccc(=O)n(CCN2CCCCC2CNC(=O)c2ccc3cc[nH]c3c2)n1. The van der Waals surface area contributed by atoms with E-state index in [4.69, 9.17) is 0 Å². The van der Waals surface area contributed by atoms with Gasteiger partial charge in [-0.3, -0.25) is 14.5 Å². The quantitative estimate of drug-likeness (QED) is 0.622. The number of aromatic amines is 1. The zero-order chi connectivity index (χ0) is 22.7. The predicted octanol–water partition coefficient (Wildman–Crippen LogP) is 3.31. The van der Waals surface area contributed by atoms with E-state index in [-0.39, 0.29) is 22.9 Å². The van der Waals surface area contributed by atoms with E-state index in [2.05, 4.69) is 41.1 Å². The van der Waals surface area contributed by atoms with Crippen molar-refractivity contribution in [3.63, 3.8) is 0 Å². The summed E-state index contributed by atoms with van der Waals surface area (Å²) < 4.78 is 1.58. The molecule has 0 aliphatic carbocycles. The Balaban J connectivity index is 1.38. The first-order chi connectivity index (χ1) is 15.3. The minimum Gasteiger partial charge on any atom is -0.361 e. The monoisotopic (exact) mass is 435 g/mol. The van der Waals surface area contributed by atoms with Crippen molar-refractivity contribution in [2.75, 3.05) is 19.6 Å². The Morgan fingerprint density at radius 1 is 1.16 bits per heavy atom. The summed E-state index contributed by atoms with van der Waals surface area (Å²) in [5, 5.41) is 8.80. The summed E-state index contributed by atoms with van der Waals surface area (Å²) in [7, 11) is 0. The zero-order valence-electron chi connectivity index (χ0n) is 19.2. The molecule has 3 aromatic rings. The van der Waals surface area contributed by atoms with Crippen LogP contribution < -0.4 is 10.9 Å². The molecule has 2 aromatic heterocycles. The number of hydrogen-bond acceptors (Lipinski definition) is 4.